The van der Waals surface area contributed by atoms with Crippen LogP contribution in [0, 0.1) is 0 Å². The van der Waals surface area contributed by atoms with E-state index in [0.717, 1.165) is 0 Å². The van der Waals surface area contributed by atoms with Gasteiger partial charge in [0.2, 0.25) is 0 Å². The number of nitrogen functional groups attached to an aromatic ring is 1. The van der Waals surface area contributed by atoms with Gasteiger partial charge < -0.3 is 15.2 Å². The molecule has 0 amide bonds. The highest BCUT2D eigenvalue weighted by atomic mass is 16.6. The summed E-state index contributed by atoms with van der Waals surface area (Å²) in [4.78, 5) is 7.77. The zero-order valence-electron chi connectivity index (χ0n) is 6.43. The van der Waals surface area contributed by atoms with Crippen LogP contribution in [0.5, 0.6) is 5.88 Å². The molecule has 2 rings (SSSR count). The molecule has 0 unspecified atom stereocenters. The van der Waals surface area contributed by atoms with E-state index in [4.69, 9.17) is 15.2 Å². The van der Waals surface area contributed by atoms with Gasteiger partial charge in [-0.15, -0.1) is 0 Å². The topological polar surface area (TPSA) is 70.3 Å². The maximum atomic E-state index is 5.51. The molecule has 1 aromatic heterocycles. The zero-order chi connectivity index (χ0) is 8.39. The van der Waals surface area contributed by atoms with E-state index in [-0.39, 0.29) is 6.10 Å². The molecule has 1 aromatic rings. The van der Waals surface area contributed by atoms with Crippen LogP contribution in [0.4, 0.5) is 5.82 Å². The van der Waals surface area contributed by atoms with Gasteiger partial charge in [-0.3, -0.25) is 0 Å². The maximum Gasteiger partial charge on any atom is 0.257 e. The highest BCUT2D eigenvalue weighted by Gasteiger charge is 2.21. The van der Waals surface area contributed by atoms with E-state index in [0.29, 0.717) is 24.9 Å². The van der Waals surface area contributed by atoms with Crippen LogP contribution in [0.15, 0.2) is 12.4 Å². The Kier molecular flexibility index (Phi) is 1.79. The molecule has 0 radical (unpaired) electrons. The van der Waals surface area contributed by atoms with Crippen LogP contribution in [0.2, 0.25) is 0 Å². The molecule has 1 aliphatic heterocycles. The molecule has 0 atom stereocenters. The molecule has 2 N–H and O–H groups in total. The molecule has 12 heavy (non-hydrogen) atoms. The number of hydrogen-bond acceptors (Lipinski definition) is 5. The van der Waals surface area contributed by atoms with Gasteiger partial charge in [0.15, 0.2) is 5.82 Å². The van der Waals surface area contributed by atoms with E-state index in [1.807, 2.05) is 0 Å². The van der Waals surface area contributed by atoms with E-state index in [2.05, 4.69) is 9.97 Å². The number of ether oxygens (including phenoxy) is 2. The van der Waals surface area contributed by atoms with E-state index in [9.17, 15) is 0 Å². The predicted molar refractivity (Wildman–Crippen MR) is 41.7 cm³/mol. The summed E-state index contributed by atoms with van der Waals surface area (Å²) in [5, 5.41) is 0. The summed E-state index contributed by atoms with van der Waals surface area (Å²) in [5.74, 6) is 0.718. The molecule has 2 heterocycles. The predicted octanol–water partition coefficient (Wildman–Crippen LogP) is -0.164. The standard InChI is InChI=1S/C7H9N3O2/c8-6-7(10-2-1-9-6)12-5-3-11-4-5/h1-2,5H,3-4H2,(H2,8,9). The van der Waals surface area contributed by atoms with Crippen LogP contribution in [-0.4, -0.2) is 29.3 Å². The second-order valence-electron chi connectivity index (χ2n) is 2.52. The zero-order valence-corrected chi connectivity index (χ0v) is 6.43. The lowest BCUT2D eigenvalue weighted by atomic mass is 10.3. The monoisotopic (exact) mass is 167 g/mol. The normalized spacial score (nSPS) is 17.0. The van der Waals surface area contributed by atoms with E-state index in [1.54, 1.807) is 6.20 Å². The highest BCUT2D eigenvalue weighted by molar-refractivity contribution is 5.38. The Bertz CT molecular complexity index is 275. The van der Waals surface area contributed by atoms with Crippen molar-refractivity contribution in [3.8, 4) is 5.88 Å². The van der Waals surface area contributed by atoms with Gasteiger partial charge in [-0.1, -0.05) is 0 Å². The van der Waals surface area contributed by atoms with Crippen molar-refractivity contribution in [2.45, 2.75) is 6.10 Å². The van der Waals surface area contributed by atoms with Gasteiger partial charge in [0.25, 0.3) is 5.88 Å². The van der Waals surface area contributed by atoms with Crippen LogP contribution >= 0.6 is 0 Å². The molecule has 64 valence electrons. The Labute approximate surface area is 69.5 Å². The van der Waals surface area contributed by atoms with Crippen molar-refractivity contribution in [3.05, 3.63) is 12.4 Å². The Balaban J connectivity index is 2.06. The van der Waals surface area contributed by atoms with Gasteiger partial charge in [-0.25, -0.2) is 9.97 Å². The first-order valence-electron chi connectivity index (χ1n) is 3.67. The molecule has 0 aliphatic carbocycles. The molecule has 5 heteroatoms. The summed E-state index contributed by atoms with van der Waals surface area (Å²) < 4.78 is 10.3. The van der Waals surface area contributed by atoms with Crippen LogP contribution in [-0.2, 0) is 4.74 Å². The lowest BCUT2D eigenvalue weighted by molar-refractivity contribution is -0.0811. The largest absolute Gasteiger partial charge is 0.467 e. The van der Waals surface area contributed by atoms with Gasteiger partial charge in [0.1, 0.15) is 6.10 Å². The Morgan fingerprint density at radius 3 is 2.75 bits per heavy atom. The molecule has 1 saturated heterocycles. The summed E-state index contributed by atoms with van der Waals surface area (Å²) in [6.07, 6.45) is 3.16. The van der Waals surface area contributed by atoms with E-state index in [1.165, 1.54) is 6.20 Å². The summed E-state index contributed by atoms with van der Waals surface area (Å²) in [6.45, 7) is 1.21. The number of anilines is 1. The van der Waals surface area contributed by atoms with Crippen molar-refractivity contribution in [2.75, 3.05) is 18.9 Å². The Hall–Kier alpha value is -1.36. The average molecular weight is 167 g/mol. The third kappa shape index (κ3) is 1.31. The molecular weight excluding hydrogens is 158 g/mol. The van der Waals surface area contributed by atoms with Crippen LogP contribution in [0.3, 0.4) is 0 Å². The quantitative estimate of drug-likeness (QED) is 0.662. The number of nitrogens with two attached hydrogens (primary N) is 1. The molecule has 1 aliphatic rings. The molecule has 0 saturated carbocycles. The average Bonchev–Trinajstić information content (AvgIpc) is 2.00. The van der Waals surface area contributed by atoms with Crippen molar-refractivity contribution in [1.29, 1.82) is 0 Å². The minimum atomic E-state index is 0.0870. The van der Waals surface area contributed by atoms with Gasteiger partial charge in [-0.2, -0.15) is 0 Å². The first-order valence-corrected chi connectivity index (χ1v) is 3.67. The number of aromatic nitrogens is 2. The van der Waals surface area contributed by atoms with Gasteiger partial charge >= 0.3 is 0 Å². The van der Waals surface area contributed by atoms with Crippen molar-refractivity contribution >= 4 is 5.82 Å². The second kappa shape index (κ2) is 2.94. The van der Waals surface area contributed by atoms with E-state index >= 15 is 0 Å². The third-order valence-corrected chi connectivity index (χ3v) is 1.58. The molecule has 1 fully saturated rings. The molecule has 5 nitrogen and oxygen atoms in total. The molecule has 0 bridgehead atoms. The fourth-order valence-corrected chi connectivity index (χ4v) is 0.867. The summed E-state index contributed by atoms with van der Waals surface area (Å²) in [6, 6.07) is 0. The minimum Gasteiger partial charge on any atom is -0.467 e. The highest BCUT2D eigenvalue weighted by Crippen LogP contribution is 2.17. The van der Waals surface area contributed by atoms with Crippen molar-refractivity contribution in [3.63, 3.8) is 0 Å². The Morgan fingerprint density at radius 2 is 2.17 bits per heavy atom. The lowest BCUT2D eigenvalue weighted by Crippen LogP contribution is -2.39. The minimum absolute atomic E-state index is 0.0870. The number of nitrogens with zero attached hydrogens (tertiary/aromatic N) is 2. The van der Waals surface area contributed by atoms with Gasteiger partial charge in [0.05, 0.1) is 13.2 Å². The maximum absolute atomic E-state index is 5.51. The third-order valence-electron chi connectivity index (χ3n) is 1.58. The SMILES string of the molecule is Nc1nccnc1OC1COC1. The van der Waals surface area contributed by atoms with Crippen LogP contribution in [0.1, 0.15) is 0 Å². The van der Waals surface area contributed by atoms with Gasteiger partial charge in [0, 0.05) is 12.4 Å². The second-order valence-corrected chi connectivity index (χ2v) is 2.52. The van der Waals surface area contributed by atoms with Crippen LogP contribution < -0.4 is 10.5 Å². The van der Waals surface area contributed by atoms with Crippen molar-refractivity contribution in [1.82, 2.24) is 9.97 Å². The molecule has 0 aromatic carbocycles. The first-order chi connectivity index (χ1) is 5.86. The first kappa shape index (κ1) is 7.30. The van der Waals surface area contributed by atoms with Gasteiger partial charge in [-0.05, 0) is 0 Å². The number of hydrogen-bond donors (Lipinski definition) is 1. The van der Waals surface area contributed by atoms with Crippen LogP contribution in [0.25, 0.3) is 0 Å². The molecule has 0 spiro atoms. The van der Waals surface area contributed by atoms with Crippen molar-refractivity contribution < 1.29 is 9.47 Å². The lowest BCUT2D eigenvalue weighted by Gasteiger charge is -2.26. The smallest absolute Gasteiger partial charge is 0.257 e. The summed E-state index contributed by atoms with van der Waals surface area (Å²) >= 11 is 0. The van der Waals surface area contributed by atoms with E-state index < -0.39 is 0 Å². The fraction of sp³-hybridized carbons (Fsp3) is 0.429. The summed E-state index contributed by atoms with van der Waals surface area (Å²) in [5.41, 5.74) is 5.51. The van der Waals surface area contributed by atoms with Crippen molar-refractivity contribution in [2.24, 2.45) is 0 Å². The number of rotatable bonds is 2. The Morgan fingerprint density at radius 1 is 1.42 bits per heavy atom. The summed E-state index contributed by atoms with van der Waals surface area (Å²) in [7, 11) is 0. The fourth-order valence-electron chi connectivity index (χ4n) is 0.867. The molecular formula is C7H9N3O2.